The predicted molar refractivity (Wildman–Crippen MR) is 71.6 cm³/mol. The highest BCUT2D eigenvalue weighted by atomic mass is 35.5. The number of nitrogens with two attached hydrogens (primary N) is 1. The van der Waals surface area contributed by atoms with Crippen LogP contribution in [0.2, 0.25) is 5.02 Å². The molecule has 0 saturated carbocycles. The van der Waals surface area contributed by atoms with Crippen molar-refractivity contribution in [3.05, 3.63) is 45.8 Å². The smallest absolute Gasteiger partial charge is 0.262 e. The molecule has 3 rings (SSSR count). The third kappa shape index (κ3) is 1.56. The van der Waals surface area contributed by atoms with E-state index in [0.29, 0.717) is 21.6 Å². The number of aromatic amines is 2. The van der Waals surface area contributed by atoms with Gasteiger partial charge < -0.3 is 10.7 Å². The van der Waals surface area contributed by atoms with Crippen molar-refractivity contribution in [2.75, 3.05) is 5.73 Å². The van der Waals surface area contributed by atoms with Gasteiger partial charge in [-0.15, -0.1) is 0 Å². The van der Waals surface area contributed by atoms with Crippen molar-refractivity contribution < 1.29 is 0 Å². The first-order chi connectivity index (χ1) is 8.66. The summed E-state index contributed by atoms with van der Waals surface area (Å²) in [6.45, 7) is 0. The van der Waals surface area contributed by atoms with Gasteiger partial charge in [0.1, 0.15) is 5.65 Å². The molecule has 90 valence electrons. The molecule has 0 fully saturated rings. The van der Waals surface area contributed by atoms with Gasteiger partial charge >= 0.3 is 0 Å². The Bertz CT molecular complexity index is 790. The van der Waals surface area contributed by atoms with E-state index in [9.17, 15) is 4.79 Å². The Kier molecular flexibility index (Phi) is 2.34. The van der Waals surface area contributed by atoms with Gasteiger partial charge in [-0.1, -0.05) is 29.8 Å². The van der Waals surface area contributed by atoms with Gasteiger partial charge in [-0.05, 0) is 6.07 Å². The van der Waals surface area contributed by atoms with Crippen molar-refractivity contribution in [1.29, 1.82) is 0 Å². The van der Waals surface area contributed by atoms with Gasteiger partial charge in [0.05, 0.1) is 5.39 Å². The van der Waals surface area contributed by atoms with Crippen molar-refractivity contribution in [2.45, 2.75) is 0 Å². The highest BCUT2D eigenvalue weighted by molar-refractivity contribution is 6.33. The minimum atomic E-state index is -0.284. The molecule has 2 heterocycles. The monoisotopic (exact) mass is 260 g/mol. The van der Waals surface area contributed by atoms with Crippen LogP contribution in [0.15, 0.2) is 35.3 Å². The summed E-state index contributed by atoms with van der Waals surface area (Å²) in [7, 11) is 0. The number of anilines is 1. The molecule has 3 aromatic rings. The van der Waals surface area contributed by atoms with Gasteiger partial charge in [-0.3, -0.25) is 9.78 Å². The van der Waals surface area contributed by atoms with E-state index in [1.807, 2.05) is 18.2 Å². The first-order valence-electron chi connectivity index (χ1n) is 5.28. The second-order valence-corrected chi connectivity index (χ2v) is 4.26. The summed E-state index contributed by atoms with van der Waals surface area (Å²) >= 11 is 6.13. The van der Waals surface area contributed by atoms with Crippen molar-refractivity contribution in [2.24, 2.45) is 0 Å². The molecule has 0 bridgehead atoms. The maximum atomic E-state index is 11.9. The zero-order chi connectivity index (χ0) is 12.7. The average Bonchev–Trinajstić information content (AvgIpc) is 2.73. The second-order valence-electron chi connectivity index (χ2n) is 3.86. The highest BCUT2D eigenvalue weighted by Crippen LogP contribution is 2.31. The number of rotatable bonds is 1. The van der Waals surface area contributed by atoms with Gasteiger partial charge in [-0.25, -0.2) is 0 Å². The molecule has 0 aliphatic heterocycles. The molecule has 0 unspecified atom stereocenters. The van der Waals surface area contributed by atoms with E-state index in [-0.39, 0.29) is 11.5 Å². The fourth-order valence-electron chi connectivity index (χ4n) is 1.95. The first kappa shape index (κ1) is 10.9. The lowest BCUT2D eigenvalue weighted by molar-refractivity contribution is 1.18. The van der Waals surface area contributed by atoms with Crippen LogP contribution in [0.25, 0.3) is 22.2 Å². The van der Waals surface area contributed by atoms with Crippen molar-refractivity contribution in [3.63, 3.8) is 0 Å². The van der Waals surface area contributed by atoms with E-state index in [1.165, 1.54) is 0 Å². The molecule has 0 aliphatic carbocycles. The largest absolute Gasteiger partial charge is 0.369 e. The second kappa shape index (κ2) is 3.89. The number of hydrogen-bond donors (Lipinski definition) is 3. The summed E-state index contributed by atoms with van der Waals surface area (Å²) in [6.07, 6.45) is 1.70. The average molecular weight is 261 g/mol. The fraction of sp³-hybridized carbons (Fsp3) is 0. The molecule has 18 heavy (non-hydrogen) atoms. The third-order valence-corrected chi connectivity index (χ3v) is 3.05. The number of hydrogen-bond acceptors (Lipinski definition) is 3. The molecular weight excluding hydrogens is 252 g/mol. The maximum absolute atomic E-state index is 11.9. The Morgan fingerprint density at radius 3 is 2.78 bits per heavy atom. The van der Waals surface area contributed by atoms with E-state index in [4.69, 9.17) is 17.3 Å². The Morgan fingerprint density at radius 1 is 1.22 bits per heavy atom. The van der Waals surface area contributed by atoms with E-state index in [0.717, 1.165) is 5.56 Å². The van der Waals surface area contributed by atoms with Gasteiger partial charge in [0, 0.05) is 22.3 Å². The van der Waals surface area contributed by atoms with Crippen LogP contribution >= 0.6 is 11.6 Å². The Hall–Kier alpha value is -2.27. The molecule has 0 radical (unpaired) electrons. The fourth-order valence-corrected chi connectivity index (χ4v) is 2.19. The standard InChI is InChI=1S/C12H9ClN4O/c13-8-4-2-1-3-6(8)7-5-15-10-9(7)11(18)17-12(14)16-10/h1-5H,(H4,14,15,16,17,18). The van der Waals surface area contributed by atoms with Crippen molar-refractivity contribution in [1.82, 2.24) is 15.0 Å². The van der Waals surface area contributed by atoms with Crippen molar-refractivity contribution in [3.8, 4) is 11.1 Å². The highest BCUT2D eigenvalue weighted by Gasteiger charge is 2.13. The summed E-state index contributed by atoms with van der Waals surface area (Å²) in [5.74, 6) is 0.0834. The van der Waals surface area contributed by atoms with Crippen LogP contribution in [0.5, 0.6) is 0 Å². The van der Waals surface area contributed by atoms with Crippen LogP contribution in [0.1, 0.15) is 0 Å². The van der Waals surface area contributed by atoms with Crippen LogP contribution in [0, 0.1) is 0 Å². The number of H-pyrrole nitrogens is 2. The SMILES string of the molecule is Nc1nc2[nH]cc(-c3ccccc3Cl)c2c(=O)[nH]1. The summed E-state index contributed by atoms with van der Waals surface area (Å²) in [5, 5.41) is 1.03. The summed E-state index contributed by atoms with van der Waals surface area (Å²) in [6, 6.07) is 7.31. The van der Waals surface area contributed by atoms with Gasteiger partial charge in [-0.2, -0.15) is 4.98 Å². The number of nitrogens with one attached hydrogen (secondary N) is 2. The minimum Gasteiger partial charge on any atom is -0.369 e. The van der Waals surface area contributed by atoms with Crippen molar-refractivity contribution >= 4 is 28.6 Å². The topological polar surface area (TPSA) is 87.6 Å². The zero-order valence-electron chi connectivity index (χ0n) is 9.20. The first-order valence-corrected chi connectivity index (χ1v) is 5.66. The number of nitrogen functional groups attached to an aromatic ring is 1. The van der Waals surface area contributed by atoms with E-state index < -0.39 is 0 Å². The number of halogens is 1. The molecule has 0 aliphatic rings. The number of benzene rings is 1. The normalized spacial score (nSPS) is 10.9. The molecule has 1 aromatic carbocycles. The van der Waals surface area contributed by atoms with Gasteiger partial charge in [0.15, 0.2) is 0 Å². The van der Waals surface area contributed by atoms with Crippen LogP contribution in [0.3, 0.4) is 0 Å². The third-order valence-electron chi connectivity index (χ3n) is 2.72. The molecule has 4 N–H and O–H groups in total. The van der Waals surface area contributed by atoms with Gasteiger partial charge in [0.25, 0.3) is 5.56 Å². The van der Waals surface area contributed by atoms with Crippen LogP contribution in [-0.2, 0) is 0 Å². The molecule has 0 spiro atoms. The molecule has 5 nitrogen and oxygen atoms in total. The van der Waals surface area contributed by atoms with E-state index >= 15 is 0 Å². The number of nitrogens with zero attached hydrogens (tertiary/aromatic N) is 1. The van der Waals surface area contributed by atoms with E-state index in [1.54, 1.807) is 12.3 Å². The lowest BCUT2D eigenvalue weighted by atomic mass is 10.1. The minimum absolute atomic E-state index is 0.0834. The quantitative estimate of drug-likeness (QED) is 0.626. The van der Waals surface area contributed by atoms with E-state index in [2.05, 4.69) is 15.0 Å². The van der Waals surface area contributed by atoms with Crippen LogP contribution < -0.4 is 11.3 Å². The molecule has 0 amide bonds. The van der Waals surface area contributed by atoms with Crippen LogP contribution in [-0.4, -0.2) is 15.0 Å². The Balaban J connectivity index is 2.39. The zero-order valence-corrected chi connectivity index (χ0v) is 9.95. The lowest BCUT2D eigenvalue weighted by Crippen LogP contribution is -2.10. The molecular formula is C12H9ClN4O. The number of aromatic nitrogens is 3. The molecule has 2 aromatic heterocycles. The predicted octanol–water partition coefficient (Wildman–Crippen LogP) is 2.15. The molecule has 0 atom stereocenters. The lowest BCUT2D eigenvalue weighted by Gasteiger charge is -2.01. The van der Waals surface area contributed by atoms with Gasteiger partial charge in [0.2, 0.25) is 5.95 Å². The maximum Gasteiger partial charge on any atom is 0.262 e. The van der Waals surface area contributed by atoms with Crippen LogP contribution in [0.4, 0.5) is 5.95 Å². The molecule has 0 saturated heterocycles. The number of fused-ring (bicyclic) bond motifs is 1. The summed E-state index contributed by atoms with van der Waals surface area (Å²) in [5.41, 5.74) is 7.15. The Morgan fingerprint density at radius 2 is 2.00 bits per heavy atom. The summed E-state index contributed by atoms with van der Waals surface area (Å²) < 4.78 is 0. The molecule has 6 heteroatoms. The Labute approximate surface area is 107 Å². The summed E-state index contributed by atoms with van der Waals surface area (Å²) in [4.78, 5) is 21.4.